The second kappa shape index (κ2) is 8.44. The van der Waals surface area contributed by atoms with Gasteiger partial charge in [0.1, 0.15) is 0 Å². The third kappa shape index (κ3) is 4.62. The standard InChI is InChI=1S/C23H26N2O4S/c1-17-21(30(27,28)19-13-9-6-10-14-19)22(25(24-17)23(2,3)4)29-20(26)16-15-18-11-7-5-8-12-18/h5-14H,15-16H2,1-4H3. The van der Waals surface area contributed by atoms with E-state index in [0.29, 0.717) is 12.1 Å². The van der Waals surface area contributed by atoms with Gasteiger partial charge in [0.25, 0.3) is 0 Å². The van der Waals surface area contributed by atoms with E-state index in [1.54, 1.807) is 25.1 Å². The molecule has 30 heavy (non-hydrogen) atoms. The molecule has 0 aliphatic heterocycles. The molecule has 0 spiro atoms. The molecule has 0 fully saturated rings. The van der Waals surface area contributed by atoms with E-state index < -0.39 is 21.3 Å². The summed E-state index contributed by atoms with van der Waals surface area (Å²) in [6.07, 6.45) is 0.631. The van der Waals surface area contributed by atoms with Crippen molar-refractivity contribution >= 4 is 15.8 Å². The van der Waals surface area contributed by atoms with E-state index in [-0.39, 0.29) is 22.1 Å². The second-order valence-corrected chi connectivity index (χ2v) is 9.96. The van der Waals surface area contributed by atoms with E-state index in [1.165, 1.54) is 16.8 Å². The van der Waals surface area contributed by atoms with Gasteiger partial charge in [0.15, 0.2) is 4.90 Å². The van der Waals surface area contributed by atoms with Gasteiger partial charge in [-0.05, 0) is 51.8 Å². The third-order valence-electron chi connectivity index (χ3n) is 4.59. The van der Waals surface area contributed by atoms with Crippen LogP contribution in [0.2, 0.25) is 0 Å². The predicted octanol–water partition coefficient (Wildman–Crippen LogP) is 4.32. The number of carbonyl (C=O) groups is 1. The van der Waals surface area contributed by atoms with Crippen LogP contribution < -0.4 is 4.74 Å². The van der Waals surface area contributed by atoms with E-state index >= 15 is 0 Å². The van der Waals surface area contributed by atoms with Crippen molar-refractivity contribution in [2.45, 2.75) is 55.9 Å². The van der Waals surface area contributed by atoms with Crippen molar-refractivity contribution in [3.8, 4) is 5.88 Å². The number of hydrogen-bond acceptors (Lipinski definition) is 5. The minimum absolute atomic E-state index is 0.0399. The summed E-state index contributed by atoms with van der Waals surface area (Å²) in [5.41, 5.74) is 0.719. The topological polar surface area (TPSA) is 78.3 Å². The summed E-state index contributed by atoms with van der Waals surface area (Å²) >= 11 is 0. The molecule has 2 aromatic carbocycles. The maximum absolute atomic E-state index is 13.3. The van der Waals surface area contributed by atoms with Crippen molar-refractivity contribution < 1.29 is 17.9 Å². The summed E-state index contributed by atoms with van der Waals surface area (Å²) in [5, 5.41) is 4.41. The number of benzene rings is 2. The summed E-state index contributed by atoms with van der Waals surface area (Å²) < 4.78 is 33.8. The highest BCUT2D eigenvalue weighted by atomic mass is 32.2. The van der Waals surface area contributed by atoms with Gasteiger partial charge in [0, 0.05) is 0 Å². The van der Waals surface area contributed by atoms with Crippen LogP contribution in [0.25, 0.3) is 0 Å². The Balaban J connectivity index is 1.99. The van der Waals surface area contributed by atoms with Gasteiger partial charge in [0.2, 0.25) is 15.7 Å². The van der Waals surface area contributed by atoms with E-state index in [4.69, 9.17) is 4.74 Å². The molecule has 3 aromatic rings. The zero-order chi connectivity index (χ0) is 21.9. The maximum Gasteiger partial charge on any atom is 0.312 e. The van der Waals surface area contributed by atoms with Crippen LogP contribution in [0, 0.1) is 6.92 Å². The number of sulfone groups is 1. The molecule has 0 saturated heterocycles. The van der Waals surface area contributed by atoms with Crippen LogP contribution in [0.5, 0.6) is 5.88 Å². The SMILES string of the molecule is Cc1nn(C(C)(C)C)c(OC(=O)CCc2ccccc2)c1S(=O)(=O)c1ccccc1. The molecule has 0 bridgehead atoms. The average molecular weight is 427 g/mol. The van der Waals surface area contributed by atoms with Crippen LogP contribution in [0.1, 0.15) is 38.4 Å². The van der Waals surface area contributed by atoms with Crippen molar-refractivity contribution in [3.63, 3.8) is 0 Å². The number of hydrogen-bond donors (Lipinski definition) is 0. The molecule has 0 aliphatic rings. The monoisotopic (exact) mass is 426 g/mol. The van der Waals surface area contributed by atoms with E-state index in [1.807, 2.05) is 51.1 Å². The van der Waals surface area contributed by atoms with Crippen LogP contribution in [0.4, 0.5) is 0 Å². The molecule has 1 heterocycles. The lowest BCUT2D eigenvalue weighted by Crippen LogP contribution is -2.26. The smallest absolute Gasteiger partial charge is 0.312 e. The first-order valence-electron chi connectivity index (χ1n) is 9.75. The average Bonchev–Trinajstić information content (AvgIpc) is 3.05. The summed E-state index contributed by atoms with van der Waals surface area (Å²) in [4.78, 5) is 12.7. The van der Waals surface area contributed by atoms with Crippen molar-refractivity contribution in [1.29, 1.82) is 0 Å². The first-order chi connectivity index (χ1) is 14.1. The van der Waals surface area contributed by atoms with Gasteiger partial charge in [-0.2, -0.15) is 5.10 Å². The number of aryl methyl sites for hydroxylation is 2. The minimum atomic E-state index is -3.91. The Morgan fingerprint density at radius 3 is 2.13 bits per heavy atom. The lowest BCUT2D eigenvalue weighted by molar-refractivity contribution is -0.135. The van der Waals surface area contributed by atoms with Crippen molar-refractivity contribution in [3.05, 3.63) is 71.9 Å². The minimum Gasteiger partial charge on any atom is -0.406 e. The van der Waals surface area contributed by atoms with Crippen LogP contribution in [0.3, 0.4) is 0 Å². The molecular formula is C23H26N2O4S. The zero-order valence-electron chi connectivity index (χ0n) is 17.6. The van der Waals surface area contributed by atoms with Gasteiger partial charge in [-0.3, -0.25) is 4.79 Å². The Bertz CT molecular complexity index is 1130. The largest absolute Gasteiger partial charge is 0.406 e. The highest BCUT2D eigenvalue weighted by Gasteiger charge is 2.34. The first-order valence-corrected chi connectivity index (χ1v) is 11.2. The summed E-state index contributed by atoms with van der Waals surface area (Å²) in [6, 6.07) is 17.7. The Labute approximate surface area is 177 Å². The van der Waals surface area contributed by atoms with Gasteiger partial charge in [-0.1, -0.05) is 48.5 Å². The first kappa shape index (κ1) is 21.8. The summed E-state index contributed by atoms with van der Waals surface area (Å²) in [5.74, 6) is -0.546. The molecule has 0 N–H and O–H groups in total. The van der Waals surface area contributed by atoms with Crippen LogP contribution in [0.15, 0.2) is 70.5 Å². The third-order valence-corrected chi connectivity index (χ3v) is 6.49. The van der Waals surface area contributed by atoms with Gasteiger partial charge in [-0.25, -0.2) is 13.1 Å². The highest BCUT2D eigenvalue weighted by Crippen LogP contribution is 2.36. The fourth-order valence-electron chi connectivity index (χ4n) is 3.11. The predicted molar refractivity (Wildman–Crippen MR) is 114 cm³/mol. The molecule has 3 rings (SSSR count). The van der Waals surface area contributed by atoms with E-state index in [2.05, 4.69) is 5.10 Å². The van der Waals surface area contributed by atoms with Gasteiger partial charge in [-0.15, -0.1) is 0 Å². The molecule has 0 unspecified atom stereocenters. The molecule has 0 aliphatic carbocycles. The van der Waals surface area contributed by atoms with Gasteiger partial charge in [0.05, 0.1) is 22.5 Å². The quantitative estimate of drug-likeness (QED) is 0.549. The van der Waals surface area contributed by atoms with E-state index in [0.717, 1.165) is 5.56 Å². The van der Waals surface area contributed by atoms with E-state index in [9.17, 15) is 13.2 Å². The molecule has 0 amide bonds. The summed E-state index contributed by atoms with van der Waals surface area (Å²) in [7, 11) is -3.91. The molecular weight excluding hydrogens is 400 g/mol. The Morgan fingerprint density at radius 1 is 1.00 bits per heavy atom. The fraction of sp³-hybridized carbons (Fsp3) is 0.304. The number of ether oxygens (including phenoxy) is 1. The molecule has 6 nitrogen and oxygen atoms in total. The van der Waals surface area contributed by atoms with Gasteiger partial charge >= 0.3 is 5.97 Å². The lowest BCUT2D eigenvalue weighted by atomic mass is 10.1. The zero-order valence-corrected chi connectivity index (χ0v) is 18.4. The fourth-order valence-corrected chi connectivity index (χ4v) is 4.65. The van der Waals surface area contributed by atoms with Gasteiger partial charge < -0.3 is 4.74 Å². The molecule has 1 aromatic heterocycles. The Morgan fingerprint density at radius 2 is 1.57 bits per heavy atom. The highest BCUT2D eigenvalue weighted by molar-refractivity contribution is 7.91. The van der Waals surface area contributed by atoms with Crippen molar-refractivity contribution in [2.24, 2.45) is 0 Å². The Kier molecular flexibility index (Phi) is 6.12. The molecule has 7 heteroatoms. The maximum atomic E-state index is 13.3. The number of carbonyl (C=O) groups excluding carboxylic acids is 1. The Hall–Kier alpha value is -2.93. The number of nitrogens with zero attached hydrogens (tertiary/aromatic N) is 2. The lowest BCUT2D eigenvalue weighted by Gasteiger charge is -2.22. The normalized spacial score (nSPS) is 12.0. The molecule has 0 radical (unpaired) electrons. The van der Waals surface area contributed by atoms with Crippen LogP contribution >= 0.6 is 0 Å². The van der Waals surface area contributed by atoms with Crippen LogP contribution in [-0.2, 0) is 26.6 Å². The van der Waals surface area contributed by atoms with Crippen LogP contribution in [-0.4, -0.2) is 24.2 Å². The second-order valence-electron chi connectivity index (χ2n) is 8.08. The van der Waals surface area contributed by atoms with Crippen molar-refractivity contribution in [1.82, 2.24) is 9.78 Å². The molecule has 158 valence electrons. The molecule has 0 saturated carbocycles. The number of esters is 1. The summed E-state index contributed by atoms with van der Waals surface area (Å²) in [6.45, 7) is 7.23. The number of rotatable bonds is 6. The van der Waals surface area contributed by atoms with Crippen molar-refractivity contribution in [2.75, 3.05) is 0 Å². The number of aromatic nitrogens is 2. The molecule has 0 atom stereocenters.